The number of benzene rings is 1. The van der Waals surface area contributed by atoms with E-state index in [9.17, 15) is 9.00 Å². The fourth-order valence-electron chi connectivity index (χ4n) is 2.43. The maximum absolute atomic E-state index is 12.3. The van der Waals surface area contributed by atoms with Crippen molar-refractivity contribution >= 4 is 16.7 Å². The van der Waals surface area contributed by atoms with Crippen LogP contribution in [0.15, 0.2) is 61.1 Å². The minimum Gasteiger partial charge on any atom is -0.358 e. The van der Waals surface area contributed by atoms with Crippen LogP contribution in [0.5, 0.6) is 0 Å². The number of nitrogens with one attached hydrogen (secondary N) is 1. The Hall–Kier alpha value is -2.67. The van der Waals surface area contributed by atoms with Gasteiger partial charge < -0.3 is 9.88 Å². The quantitative estimate of drug-likeness (QED) is 0.741. The van der Waals surface area contributed by atoms with E-state index in [0.717, 1.165) is 17.1 Å². The molecule has 0 spiro atoms. The summed E-state index contributed by atoms with van der Waals surface area (Å²) in [6, 6.07) is 13.6. The molecule has 0 unspecified atom stereocenters. The summed E-state index contributed by atoms with van der Waals surface area (Å²) in [5.74, 6) is 0.856. The van der Waals surface area contributed by atoms with Crippen molar-refractivity contribution in [2.75, 3.05) is 12.8 Å². The average molecular weight is 342 g/mol. The molecule has 3 rings (SSSR count). The lowest BCUT2D eigenvalue weighted by atomic mass is 10.3. The zero-order chi connectivity index (χ0) is 16.9. The normalized spacial score (nSPS) is 12.0. The summed E-state index contributed by atoms with van der Waals surface area (Å²) < 4.78 is 16.0. The maximum Gasteiger partial charge on any atom is 0.232 e. The summed E-state index contributed by atoms with van der Waals surface area (Å²) >= 11 is 0. The van der Waals surface area contributed by atoms with Gasteiger partial charge in [0.2, 0.25) is 5.91 Å². The van der Waals surface area contributed by atoms with Crippen LogP contribution in [-0.2, 0) is 21.3 Å². The number of rotatable bonds is 6. The van der Waals surface area contributed by atoms with E-state index < -0.39 is 10.8 Å². The van der Waals surface area contributed by atoms with E-state index in [0.29, 0.717) is 0 Å². The number of para-hydroxylation sites is 1. The van der Waals surface area contributed by atoms with Gasteiger partial charge in [0.15, 0.2) is 0 Å². The molecule has 124 valence electrons. The molecule has 0 radical (unpaired) electrons. The topological polar surface area (TPSA) is 68.9 Å². The lowest BCUT2D eigenvalue weighted by Crippen LogP contribution is -2.24. The first kappa shape index (κ1) is 16.2. The first-order valence-electron chi connectivity index (χ1n) is 7.50. The Labute approximate surface area is 142 Å². The zero-order valence-corrected chi connectivity index (χ0v) is 14.1. The van der Waals surface area contributed by atoms with Gasteiger partial charge in [-0.15, -0.1) is 0 Å². The second-order valence-electron chi connectivity index (χ2n) is 5.23. The Morgan fingerprint density at radius 2 is 1.88 bits per heavy atom. The van der Waals surface area contributed by atoms with Gasteiger partial charge in [-0.3, -0.25) is 9.00 Å². The summed E-state index contributed by atoms with van der Waals surface area (Å²) in [5.41, 5.74) is 1.75. The second kappa shape index (κ2) is 7.27. The number of hydrogen-bond donors (Lipinski definition) is 1. The predicted molar refractivity (Wildman–Crippen MR) is 93.7 cm³/mol. The van der Waals surface area contributed by atoms with Gasteiger partial charge >= 0.3 is 0 Å². The van der Waals surface area contributed by atoms with Crippen molar-refractivity contribution in [3.63, 3.8) is 0 Å². The van der Waals surface area contributed by atoms with Gasteiger partial charge in [-0.25, -0.2) is 4.68 Å². The molecule has 7 heteroatoms. The van der Waals surface area contributed by atoms with Gasteiger partial charge in [0.1, 0.15) is 11.6 Å². The molecular formula is C17H18N4O2S. The van der Waals surface area contributed by atoms with Crippen LogP contribution in [0, 0.1) is 0 Å². The Kier molecular flexibility index (Phi) is 4.90. The Morgan fingerprint density at radius 3 is 2.54 bits per heavy atom. The van der Waals surface area contributed by atoms with E-state index in [4.69, 9.17) is 0 Å². The molecular weight excluding hydrogens is 324 g/mol. The maximum atomic E-state index is 12.3. The van der Waals surface area contributed by atoms with E-state index in [2.05, 4.69) is 10.4 Å². The molecule has 0 aliphatic carbocycles. The fourth-order valence-corrected chi connectivity index (χ4v) is 3.52. The summed E-state index contributed by atoms with van der Waals surface area (Å²) in [6.07, 6.45) is 5.55. The summed E-state index contributed by atoms with van der Waals surface area (Å²) in [4.78, 5) is 11.4. The van der Waals surface area contributed by atoms with Crippen LogP contribution >= 0.6 is 0 Å². The van der Waals surface area contributed by atoms with Crippen LogP contribution in [0.1, 0.15) is 5.56 Å². The van der Waals surface area contributed by atoms with E-state index >= 15 is 0 Å². The standard InChI is InChI=1S/C17H18N4O2S/c1-18-16(22)13-24(23)12-14-11-19-21(15-7-3-2-4-8-15)17(14)20-9-5-6-10-20/h2-11H,12-13H2,1H3,(H,18,22)/t24-/m0/s1. The van der Waals surface area contributed by atoms with Crippen molar-refractivity contribution in [1.82, 2.24) is 19.7 Å². The van der Waals surface area contributed by atoms with E-state index in [1.54, 1.807) is 6.20 Å². The van der Waals surface area contributed by atoms with Gasteiger partial charge in [-0.2, -0.15) is 5.10 Å². The molecule has 0 saturated carbocycles. The van der Waals surface area contributed by atoms with Crippen LogP contribution in [0.2, 0.25) is 0 Å². The summed E-state index contributed by atoms with van der Waals surface area (Å²) in [5, 5.41) is 6.95. The highest BCUT2D eigenvalue weighted by atomic mass is 32.2. The molecule has 0 bridgehead atoms. The van der Waals surface area contributed by atoms with Gasteiger partial charge in [-0.1, -0.05) is 18.2 Å². The Morgan fingerprint density at radius 1 is 1.17 bits per heavy atom. The molecule has 6 nitrogen and oxygen atoms in total. The summed E-state index contributed by atoms with van der Waals surface area (Å²) in [6.45, 7) is 0. The monoisotopic (exact) mass is 342 g/mol. The lowest BCUT2D eigenvalue weighted by molar-refractivity contribution is -0.118. The number of aromatic nitrogens is 3. The average Bonchev–Trinajstić information content (AvgIpc) is 3.24. The molecule has 2 heterocycles. The molecule has 2 aromatic heterocycles. The van der Waals surface area contributed by atoms with Crippen molar-refractivity contribution < 1.29 is 9.00 Å². The van der Waals surface area contributed by atoms with Crippen molar-refractivity contribution in [2.45, 2.75) is 5.75 Å². The highest BCUT2D eigenvalue weighted by Crippen LogP contribution is 2.21. The molecule has 1 N–H and O–H groups in total. The third-order valence-corrected chi connectivity index (χ3v) is 4.77. The third-order valence-electron chi connectivity index (χ3n) is 3.55. The molecule has 0 fully saturated rings. The lowest BCUT2D eigenvalue weighted by Gasteiger charge is -2.11. The Balaban J connectivity index is 1.97. The second-order valence-corrected chi connectivity index (χ2v) is 6.69. The van der Waals surface area contributed by atoms with Crippen LogP contribution < -0.4 is 5.32 Å². The highest BCUT2D eigenvalue weighted by Gasteiger charge is 2.17. The Bertz CT molecular complexity index is 841. The highest BCUT2D eigenvalue weighted by molar-refractivity contribution is 7.84. The molecule has 0 aliphatic heterocycles. The van der Waals surface area contributed by atoms with Gasteiger partial charge in [0.25, 0.3) is 0 Å². The minimum atomic E-state index is -1.29. The van der Waals surface area contributed by atoms with Crippen LogP contribution in [-0.4, -0.2) is 37.3 Å². The van der Waals surface area contributed by atoms with E-state index in [1.165, 1.54) is 7.05 Å². The third kappa shape index (κ3) is 3.46. The number of carbonyl (C=O) groups excluding carboxylic acids is 1. The number of nitrogens with zero attached hydrogens (tertiary/aromatic N) is 3. The molecule has 0 saturated heterocycles. The predicted octanol–water partition coefficient (Wildman–Crippen LogP) is 1.66. The molecule has 1 atom stereocenters. The van der Waals surface area contributed by atoms with Crippen LogP contribution in [0.3, 0.4) is 0 Å². The van der Waals surface area contributed by atoms with Crippen LogP contribution in [0.25, 0.3) is 11.5 Å². The molecule has 1 amide bonds. The van der Waals surface area contributed by atoms with Crippen molar-refractivity contribution in [1.29, 1.82) is 0 Å². The van der Waals surface area contributed by atoms with Gasteiger partial charge in [-0.05, 0) is 24.3 Å². The van der Waals surface area contributed by atoms with Gasteiger partial charge in [0.05, 0.1) is 17.6 Å². The fraction of sp³-hybridized carbons (Fsp3) is 0.176. The first-order valence-corrected chi connectivity index (χ1v) is 8.99. The van der Waals surface area contributed by atoms with Crippen molar-refractivity contribution in [2.24, 2.45) is 0 Å². The smallest absolute Gasteiger partial charge is 0.232 e. The number of carbonyl (C=O) groups is 1. The molecule has 0 aliphatic rings. The number of hydrogen-bond acceptors (Lipinski definition) is 3. The molecule has 1 aromatic carbocycles. The summed E-state index contributed by atoms with van der Waals surface area (Å²) in [7, 11) is 0.245. The molecule has 24 heavy (non-hydrogen) atoms. The van der Waals surface area contributed by atoms with Crippen molar-refractivity contribution in [3.05, 3.63) is 66.6 Å². The van der Waals surface area contributed by atoms with E-state index in [1.807, 2.05) is 64.1 Å². The largest absolute Gasteiger partial charge is 0.358 e. The van der Waals surface area contributed by atoms with Crippen molar-refractivity contribution in [3.8, 4) is 11.5 Å². The van der Waals surface area contributed by atoms with Crippen LogP contribution in [0.4, 0.5) is 0 Å². The van der Waals surface area contributed by atoms with E-state index in [-0.39, 0.29) is 17.4 Å². The first-order chi connectivity index (χ1) is 11.7. The SMILES string of the molecule is CNC(=O)C[S@@](=O)Cc1cnn(-c2ccccc2)c1-n1cccc1. The number of amides is 1. The van der Waals surface area contributed by atoms with Gasteiger partial charge in [0, 0.05) is 35.8 Å². The zero-order valence-electron chi connectivity index (χ0n) is 13.3. The minimum absolute atomic E-state index is 0.0157. The molecule has 3 aromatic rings.